The average Bonchev–Trinajstić information content (AvgIpc) is 3.18. The number of carbonyl (C=O) groups is 3. The Bertz CT molecular complexity index is 1230. The number of halogens is 1. The molecule has 4 rings (SSSR count). The molecule has 3 N–H and O–H groups in total. The van der Waals surface area contributed by atoms with Crippen molar-refractivity contribution in [1.29, 1.82) is 0 Å². The zero-order chi connectivity index (χ0) is 24.9. The molecule has 1 aliphatic carbocycles. The minimum Gasteiger partial charge on any atom is -0.479 e. The number of aliphatic carboxylic acids is 1. The van der Waals surface area contributed by atoms with E-state index in [2.05, 4.69) is 38.7 Å². The number of rotatable bonds is 8. The lowest BCUT2D eigenvalue weighted by Crippen LogP contribution is -2.37. The second kappa shape index (κ2) is 10.7. The molecule has 0 heterocycles. The predicted octanol–water partition coefficient (Wildman–Crippen LogP) is 4.64. The summed E-state index contributed by atoms with van der Waals surface area (Å²) in [4.78, 5) is 36.1. The third-order valence-corrected chi connectivity index (χ3v) is 6.51. The Kier molecular flexibility index (Phi) is 7.48. The first kappa shape index (κ1) is 24.4. The zero-order valence-corrected chi connectivity index (χ0v) is 20.4. The molecule has 0 aliphatic heterocycles. The molecule has 0 saturated heterocycles. The van der Waals surface area contributed by atoms with Gasteiger partial charge in [0.05, 0.1) is 12.2 Å². The monoisotopic (exact) mass is 538 g/mol. The lowest BCUT2D eigenvalue weighted by atomic mass is 9.98. The molecule has 9 heteroatoms. The molecule has 0 saturated carbocycles. The second-order valence-electron chi connectivity index (χ2n) is 7.92. The summed E-state index contributed by atoms with van der Waals surface area (Å²) in [6, 6.07) is 20.8. The van der Waals surface area contributed by atoms with Crippen molar-refractivity contribution < 1.29 is 29.0 Å². The topological polar surface area (TPSA) is 114 Å². The second-order valence-corrected chi connectivity index (χ2v) is 8.77. The van der Waals surface area contributed by atoms with Crippen LogP contribution in [0, 0.1) is 0 Å². The van der Waals surface area contributed by atoms with E-state index in [9.17, 15) is 14.4 Å². The van der Waals surface area contributed by atoms with Gasteiger partial charge in [-0.05, 0) is 56.4 Å². The van der Waals surface area contributed by atoms with Gasteiger partial charge >= 0.3 is 12.1 Å². The number of carboxylic acids is 1. The highest BCUT2D eigenvalue weighted by atomic mass is 79.9. The van der Waals surface area contributed by atoms with Crippen LogP contribution >= 0.6 is 15.9 Å². The molecule has 0 aromatic heterocycles. The average molecular weight is 539 g/mol. The van der Waals surface area contributed by atoms with Gasteiger partial charge in [0.2, 0.25) is 0 Å². The molecule has 1 atom stereocenters. The van der Waals surface area contributed by atoms with Crippen molar-refractivity contribution in [1.82, 2.24) is 5.32 Å². The first-order chi connectivity index (χ1) is 16.9. The van der Waals surface area contributed by atoms with Crippen LogP contribution in [-0.2, 0) is 14.3 Å². The lowest BCUT2D eigenvalue weighted by Gasteiger charge is -2.15. The molecule has 35 heavy (non-hydrogen) atoms. The highest BCUT2D eigenvalue weighted by Gasteiger charge is 2.29. The van der Waals surface area contributed by atoms with Crippen LogP contribution in [0.3, 0.4) is 0 Å². The summed E-state index contributed by atoms with van der Waals surface area (Å²) in [5, 5.41) is 14.2. The summed E-state index contributed by atoms with van der Waals surface area (Å²) < 4.78 is 10.9. The van der Waals surface area contributed by atoms with Crippen molar-refractivity contribution in [3.8, 4) is 11.1 Å². The van der Waals surface area contributed by atoms with Crippen molar-refractivity contribution in [2.45, 2.75) is 12.0 Å². The number of hydrogen-bond donors (Lipinski definition) is 3. The van der Waals surface area contributed by atoms with Crippen LogP contribution in [0.4, 0.5) is 10.5 Å². The van der Waals surface area contributed by atoms with Crippen LogP contribution in [0.2, 0.25) is 0 Å². The van der Waals surface area contributed by atoms with E-state index in [1.54, 1.807) is 12.1 Å². The van der Waals surface area contributed by atoms with Crippen LogP contribution in [0.25, 0.3) is 11.1 Å². The normalized spacial score (nSPS) is 12.9. The van der Waals surface area contributed by atoms with Gasteiger partial charge in [0, 0.05) is 23.1 Å². The van der Waals surface area contributed by atoms with Crippen LogP contribution in [0.15, 0.2) is 71.2 Å². The number of hydrogen-bond acceptors (Lipinski definition) is 5. The Labute approximate surface area is 210 Å². The number of fused-ring (bicyclic) bond motifs is 3. The molecule has 0 radical (unpaired) electrons. The zero-order valence-electron chi connectivity index (χ0n) is 18.8. The first-order valence-corrected chi connectivity index (χ1v) is 11.6. The maximum atomic E-state index is 12.6. The quantitative estimate of drug-likeness (QED) is 0.385. The Morgan fingerprint density at radius 3 is 2.23 bits per heavy atom. The summed E-state index contributed by atoms with van der Waals surface area (Å²) >= 11 is 3.36. The van der Waals surface area contributed by atoms with Crippen molar-refractivity contribution in [2.24, 2.45) is 0 Å². The van der Waals surface area contributed by atoms with E-state index in [1.165, 1.54) is 13.2 Å². The number of benzene rings is 3. The number of nitrogens with one attached hydrogen (secondary N) is 2. The largest absolute Gasteiger partial charge is 0.479 e. The number of amides is 2. The van der Waals surface area contributed by atoms with Gasteiger partial charge in [0.1, 0.15) is 6.61 Å². The van der Waals surface area contributed by atoms with Gasteiger partial charge in [-0.3, -0.25) is 10.1 Å². The van der Waals surface area contributed by atoms with Gasteiger partial charge in [0.25, 0.3) is 5.91 Å². The number of carboxylic acid groups (broad SMARTS) is 1. The fourth-order valence-electron chi connectivity index (χ4n) is 4.07. The number of methoxy groups -OCH3 is 1. The number of anilines is 1. The molecule has 2 amide bonds. The molecule has 8 nitrogen and oxygen atoms in total. The Morgan fingerprint density at radius 1 is 1.00 bits per heavy atom. The van der Waals surface area contributed by atoms with Crippen LogP contribution < -0.4 is 10.6 Å². The highest BCUT2D eigenvalue weighted by Crippen LogP contribution is 2.44. The molecule has 180 valence electrons. The van der Waals surface area contributed by atoms with E-state index in [4.69, 9.17) is 14.6 Å². The van der Waals surface area contributed by atoms with E-state index in [-0.39, 0.29) is 24.6 Å². The predicted molar refractivity (Wildman–Crippen MR) is 134 cm³/mol. The van der Waals surface area contributed by atoms with E-state index in [1.807, 2.05) is 36.4 Å². The fraction of sp³-hybridized carbons (Fsp3) is 0.192. The number of carbonyl (C=O) groups excluding carboxylic acids is 2. The summed E-state index contributed by atoms with van der Waals surface area (Å²) in [7, 11) is 1.25. The van der Waals surface area contributed by atoms with Crippen molar-refractivity contribution in [3.63, 3.8) is 0 Å². The molecule has 3 aromatic carbocycles. The molecule has 0 spiro atoms. The van der Waals surface area contributed by atoms with Gasteiger partial charge in [-0.2, -0.15) is 0 Å². The van der Waals surface area contributed by atoms with Gasteiger partial charge < -0.3 is 19.9 Å². The van der Waals surface area contributed by atoms with Crippen molar-refractivity contribution >= 4 is 39.6 Å². The van der Waals surface area contributed by atoms with E-state index >= 15 is 0 Å². The molecule has 1 unspecified atom stereocenters. The molecule has 0 fully saturated rings. The van der Waals surface area contributed by atoms with Gasteiger partial charge in [0.15, 0.2) is 6.10 Å². The van der Waals surface area contributed by atoms with Crippen molar-refractivity contribution in [2.75, 3.05) is 25.6 Å². The standard InChI is InChI=1S/C26H23BrN2O6/c1-34-23(25(31)32)13-28-24(30)15-10-11-21(27)22(12-15)29-26(33)35-14-20-18-8-4-2-6-16(18)17-7-3-5-9-19(17)20/h2-12,20,23H,13-14H2,1H3,(H,28,30)(H,29,33)(H,31,32). The third kappa shape index (κ3) is 5.36. The summed E-state index contributed by atoms with van der Waals surface area (Å²) in [5.41, 5.74) is 5.07. The first-order valence-electron chi connectivity index (χ1n) is 10.8. The molecular weight excluding hydrogens is 516 g/mol. The van der Waals surface area contributed by atoms with Crippen LogP contribution in [0.5, 0.6) is 0 Å². The minimum atomic E-state index is -1.18. The molecule has 3 aromatic rings. The van der Waals surface area contributed by atoms with Gasteiger partial charge in [-0.25, -0.2) is 9.59 Å². The maximum Gasteiger partial charge on any atom is 0.411 e. The smallest absolute Gasteiger partial charge is 0.411 e. The van der Waals surface area contributed by atoms with Crippen LogP contribution in [-0.4, -0.2) is 49.4 Å². The summed E-state index contributed by atoms with van der Waals surface area (Å²) in [5.74, 6) is -1.76. The van der Waals surface area contributed by atoms with E-state index in [0.29, 0.717) is 10.2 Å². The summed E-state index contributed by atoms with van der Waals surface area (Å²) in [6.07, 6.45) is -1.82. The molecule has 0 bridgehead atoms. The highest BCUT2D eigenvalue weighted by molar-refractivity contribution is 9.10. The van der Waals surface area contributed by atoms with Crippen molar-refractivity contribution in [3.05, 3.63) is 87.9 Å². The van der Waals surface area contributed by atoms with Gasteiger partial charge in [-0.1, -0.05) is 48.5 Å². The van der Waals surface area contributed by atoms with E-state index in [0.717, 1.165) is 22.3 Å². The lowest BCUT2D eigenvalue weighted by molar-refractivity contribution is -0.148. The SMILES string of the molecule is COC(CNC(=O)c1ccc(Br)c(NC(=O)OCC2c3ccccc3-c3ccccc32)c1)C(=O)O. The Balaban J connectivity index is 1.41. The van der Waals surface area contributed by atoms with Crippen LogP contribution in [0.1, 0.15) is 27.4 Å². The minimum absolute atomic E-state index is 0.0725. The molecular formula is C26H23BrN2O6. The third-order valence-electron chi connectivity index (χ3n) is 5.82. The summed E-state index contributed by atoms with van der Waals surface area (Å²) in [6.45, 7) is -0.0406. The fourth-order valence-corrected chi connectivity index (χ4v) is 4.41. The Hall–Kier alpha value is -3.69. The molecule has 1 aliphatic rings. The Morgan fingerprint density at radius 2 is 1.63 bits per heavy atom. The number of ether oxygens (including phenoxy) is 2. The maximum absolute atomic E-state index is 12.6. The van der Waals surface area contributed by atoms with E-state index < -0.39 is 24.1 Å². The van der Waals surface area contributed by atoms with Gasteiger partial charge in [-0.15, -0.1) is 0 Å².